The number of carbonyl (C=O) groups is 3. The van der Waals surface area contributed by atoms with E-state index in [9.17, 15) is 14.4 Å². The molecule has 0 unspecified atom stereocenters. The Morgan fingerprint density at radius 1 is 1.06 bits per heavy atom. The fourth-order valence-corrected chi connectivity index (χ4v) is 5.24. The topological polar surface area (TPSA) is 91.4 Å². The minimum Gasteiger partial charge on any atom is -0.359 e. The van der Waals surface area contributed by atoms with E-state index in [0.29, 0.717) is 18.8 Å². The number of amides is 3. The second kappa shape index (κ2) is 11.3. The number of aryl methyl sites for hydroxylation is 1. The summed E-state index contributed by atoms with van der Waals surface area (Å²) in [6.07, 6.45) is 2.05. The fourth-order valence-electron chi connectivity index (χ4n) is 4.27. The number of aromatic nitrogens is 1. The van der Waals surface area contributed by atoms with E-state index < -0.39 is 0 Å². The summed E-state index contributed by atoms with van der Waals surface area (Å²) in [4.78, 5) is 43.2. The van der Waals surface area contributed by atoms with Crippen LogP contribution in [0, 0.1) is 6.92 Å². The molecule has 0 bridgehead atoms. The van der Waals surface area contributed by atoms with Gasteiger partial charge in [-0.3, -0.25) is 14.4 Å². The molecule has 2 aromatic carbocycles. The monoisotopic (exact) mass is 490 g/mol. The van der Waals surface area contributed by atoms with Gasteiger partial charge in [0.25, 0.3) is 5.91 Å². The van der Waals surface area contributed by atoms with Gasteiger partial charge in [-0.25, -0.2) is 4.98 Å². The first-order valence-electron chi connectivity index (χ1n) is 11.9. The van der Waals surface area contributed by atoms with Crippen LogP contribution in [0.1, 0.15) is 52.7 Å². The number of carbonyl (C=O) groups excluding carboxylic acids is 3. The van der Waals surface area contributed by atoms with Crippen molar-refractivity contribution in [2.24, 2.45) is 0 Å². The molecule has 2 heterocycles. The molecular formula is C27H30N4O3S. The predicted molar refractivity (Wildman–Crippen MR) is 139 cm³/mol. The molecule has 0 aliphatic carbocycles. The Bertz CT molecular complexity index is 1200. The molecule has 1 saturated heterocycles. The third-order valence-electron chi connectivity index (χ3n) is 6.30. The van der Waals surface area contributed by atoms with Gasteiger partial charge < -0.3 is 15.5 Å². The maximum atomic E-state index is 13.0. The largest absolute Gasteiger partial charge is 0.359 e. The molecule has 0 radical (unpaired) electrons. The molecule has 0 spiro atoms. The van der Waals surface area contributed by atoms with E-state index in [4.69, 9.17) is 0 Å². The molecule has 1 aromatic heterocycles. The number of hydrogen-bond donors (Lipinski definition) is 2. The molecule has 4 rings (SSSR count). The van der Waals surface area contributed by atoms with Crippen molar-refractivity contribution >= 4 is 34.7 Å². The maximum absolute atomic E-state index is 13.0. The van der Waals surface area contributed by atoms with Gasteiger partial charge in [0, 0.05) is 55.5 Å². The number of anilines is 1. The van der Waals surface area contributed by atoms with Crippen molar-refractivity contribution in [3.63, 3.8) is 0 Å². The Morgan fingerprint density at radius 2 is 1.80 bits per heavy atom. The third kappa shape index (κ3) is 6.14. The van der Waals surface area contributed by atoms with Gasteiger partial charge in [0.15, 0.2) is 0 Å². The molecule has 1 aliphatic rings. The van der Waals surface area contributed by atoms with Crippen molar-refractivity contribution in [2.75, 3.05) is 25.5 Å². The Morgan fingerprint density at radius 3 is 2.51 bits per heavy atom. The molecule has 8 heteroatoms. The van der Waals surface area contributed by atoms with Gasteiger partial charge in [-0.15, -0.1) is 11.3 Å². The van der Waals surface area contributed by atoms with Crippen LogP contribution in [0.2, 0.25) is 0 Å². The van der Waals surface area contributed by atoms with Gasteiger partial charge in [0.1, 0.15) is 5.69 Å². The lowest BCUT2D eigenvalue weighted by Crippen LogP contribution is -2.38. The molecule has 1 fully saturated rings. The van der Waals surface area contributed by atoms with Crippen molar-refractivity contribution in [2.45, 2.75) is 38.5 Å². The highest BCUT2D eigenvalue weighted by Gasteiger charge is 2.26. The summed E-state index contributed by atoms with van der Waals surface area (Å²) in [6.45, 7) is 3.32. The Balaban J connectivity index is 1.37. The number of nitrogens with one attached hydrogen (secondary N) is 2. The van der Waals surface area contributed by atoms with Crippen LogP contribution in [0.25, 0.3) is 11.1 Å². The van der Waals surface area contributed by atoms with E-state index in [1.807, 2.05) is 59.7 Å². The van der Waals surface area contributed by atoms with E-state index >= 15 is 0 Å². The van der Waals surface area contributed by atoms with Gasteiger partial charge in [-0.1, -0.05) is 42.0 Å². The number of benzene rings is 2. The van der Waals surface area contributed by atoms with Crippen LogP contribution in [0.15, 0.2) is 53.9 Å². The van der Waals surface area contributed by atoms with E-state index in [2.05, 4.69) is 21.7 Å². The van der Waals surface area contributed by atoms with E-state index in [0.717, 1.165) is 40.2 Å². The van der Waals surface area contributed by atoms with Gasteiger partial charge in [0.2, 0.25) is 11.8 Å². The highest BCUT2D eigenvalue weighted by atomic mass is 32.1. The number of piperidine rings is 1. The van der Waals surface area contributed by atoms with Gasteiger partial charge in [0.05, 0.1) is 5.01 Å². The quantitative estimate of drug-likeness (QED) is 0.506. The number of likely N-dealkylation sites (tertiary alicyclic amines) is 1. The van der Waals surface area contributed by atoms with E-state index in [1.165, 1.54) is 11.3 Å². The molecule has 7 nitrogen and oxygen atoms in total. The first kappa shape index (κ1) is 24.6. The van der Waals surface area contributed by atoms with Crippen molar-refractivity contribution in [3.8, 4) is 11.1 Å². The summed E-state index contributed by atoms with van der Waals surface area (Å²) in [6, 6.07) is 16.0. The van der Waals surface area contributed by atoms with Crippen molar-refractivity contribution in [1.29, 1.82) is 0 Å². The number of thiazole rings is 1. The zero-order chi connectivity index (χ0) is 24.8. The lowest BCUT2D eigenvalue weighted by atomic mass is 9.97. The first-order valence-corrected chi connectivity index (χ1v) is 12.7. The highest BCUT2D eigenvalue weighted by molar-refractivity contribution is 7.10. The molecule has 3 aromatic rings. The number of hydrogen-bond acceptors (Lipinski definition) is 5. The minimum absolute atomic E-state index is 0.0126. The molecule has 1 aliphatic heterocycles. The van der Waals surface area contributed by atoms with Gasteiger partial charge >= 0.3 is 0 Å². The average Bonchev–Trinajstić information content (AvgIpc) is 3.39. The van der Waals surface area contributed by atoms with E-state index in [1.54, 1.807) is 7.05 Å². The van der Waals surface area contributed by atoms with Crippen molar-refractivity contribution in [3.05, 3.63) is 70.2 Å². The van der Waals surface area contributed by atoms with Crippen molar-refractivity contribution in [1.82, 2.24) is 15.2 Å². The average molecular weight is 491 g/mol. The maximum Gasteiger partial charge on any atom is 0.275 e. The lowest BCUT2D eigenvalue weighted by molar-refractivity contribution is -0.134. The smallest absolute Gasteiger partial charge is 0.275 e. The van der Waals surface area contributed by atoms with Crippen LogP contribution in [0.5, 0.6) is 0 Å². The summed E-state index contributed by atoms with van der Waals surface area (Å²) in [5, 5.41) is 8.32. The second-order valence-corrected chi connectivity index (χ2v) is 9.66. The molecule has 35 heavy (non-hydrogen) atoms. The van der Waals surface area contributed by atoms with Crippen molar-refractivity contribution < 1.29 is 14.4 Å². The third-order valence-corrected chi connectivity index (χ3v) is 7.31. The van der Waals surface area contributed by atoms with Crippen LogP contribution >= 0.6 is 11.3 Å². The van der Waals surface area contributed by atoms with Crippen LogP contribution in [0.3, 0.4) is 0 Å². The van der Waals surface area contributed by atoms with Gasteiger partial charge in [-0.05, 0) is 37.5 Å². The lowest BCUT2D eigenvalue weighted by Gasteiger charge is -2.31. The fraction of sp³-hybridized carbons (Fsp3) is 0.333. The summed E-state index contributed by atoms with van der Waals surface area (Å²) in [5.41, 5.74) is 4.31. The van der Waals surface area contributed by atoms with Crippen LogP contribution in [-0.4, -0.2) is 47.7 Å². The minimum atomic E-state index is -0.227. The molecule has 0 atom stereocenters. The molecule has 0 saturated carbocycles. The summed E-state index contributed by atoms with van der Waals surface area (Å²) < 4.78 is 0. The number of nitrogens with zero attached hydrogens (tertiary/aromatic N) is 2. The SMILES string of the molecule is CNC(=O)CCC(=O)N1CCC(c2nc(C(=O)Nc3ccc(C)cc3-c3ccccc3)cs2)CC1. The molecular weight excluding hydrogens is 460 g/mol. The van der Waals surface area contributed by atoms with Crippen LogP contribution in [0.4, 0.5) is 5.69 Å². The summed E-state index contributed by atoms with van der Waals surface area (Å²) in [7, 11) is 1.57. The zero-order valence-corrected chi connectivity index (χ0v) is 20.9. The molecule has 182 valence electrons. The Labute approximate surface area is 209 Å². The van der Waals surface area contributed by atoms with Crippen LogP contribution in [-0.2, 0) is 9.59 Å². The summed E-state index contributed by atoms with van der Waals surface area (Å²) >= 11 is 1.50. The van der Waals surface area contributed by atoms with Gasteiger partial charge in [-0.2, -0.15) is 0 Å². The normalized spacial score (nSPS) is 13.9. The predicted octanol–water partition coefficient (Wildman–Crippen LogP) is 4.60. The molecule has 2 N–H and O–H groups in total. The van der Waals surface area contributed by atoms with E-state index in [-0.39, 0.29) is 36.5 Å². The molecule has 3 amide bonds. The second-order valence-electron chi connectivity index (χ2n) is 8.77. The standard InChI is InChI=1S/C27H30N4O3S/c1-18-8-9-22(21(16-18)19-6-4-3-5-7-19)29-26(34)23-17-35-27(30-23)20-12-14-31(15-13-20)25(33)11-10-24(32)28-2/h3-9,16-17,20H,10-15H2,1-2H3,(H,28,32)(H,29,34). The number of rotatable bonds is 7. The Hall–Kier alpha value is -3.52. The zero-order valence-electron chi connectivity index (χ0n) is 20.0. The summed E-state index contributed by atoms with van der Waals surface area (Å²) in [5.74, 6) is -0.110. The Kier molecular flexibility index (Phi) is 7.92. The first-order chi connectivity index (χ1) is 16.9. The highest BCUT2D eigenvalue weighted by Crippen LogP contribution is 2.32. The van der Waals surface area contributed by atoms with Crippen LogP contribution < -0.4 is 10.6 Å².